The van der Waals surface area contributed by atoms with Gasteiger partial charge in [0, 0.05) is 24.7 Å². The number of nitro benzene ring substituents is 1. The van der Waals surface area contributed by atoms with E-state index in [1.54, 1.807) is 4.90 Å². The number of non-ortho nitro benzene ring substituents is 1. The first-order valence-electron chi connectivity index (χ1n) is 5.56. The van der Waals surface area contributed by atoms with Crippen LogP contribution in [0.5, 0.6) is 0 Å². The molecule has 90 valence electrons. The molecule has 2 rings (SSSR count). The minimum absolute atomic E-state index is 0.0849. The minimum atomic E-state index is -0.404. The van der Waals surface area contributed by atoms with Crippen molar-refractivity contribution in [1.29, 1.82) is 0 Å². The molecule has 0 saturated heterocycles. The third kappa shape index (κ3) is 2.81. The number of carbonyl (C=O) groups excluding carboxylic acids is 1. The number of nitro groups is 1. The molecule has 0 N–H and O–H groups in total. The molecule has 0 radical (unpaired) electrons. The summed E-state index contributed by atoms with van der Waals surface area (Å²) in [5, 5.41) is 10.7. The highest BCUT2D eigenvalue weighted by Gasteiger charge is 2.28. The van der Waals surface area contributed by atoms with Crippen LogP contribution >= 0.6 is 0 Å². The van der Waals surface area contributed by atoms with Crippen molar-refractivity contribution in [2.45, 2.75) is 32.4 Å². The lowest BCUT2D eigenvalue weighted by Gasteiger charge is -2.16. The third-order valence-electron chi connectivity index (χ3n) is 2.85. The first-order chi connectivity index (χ1) is 8.10. The summed E-state index contributed by atoms with van der Waals surface area (Å²) in [4.78, 5) is 22.9. The van der Waals surface area contributed by atoms with Gasteiger partial charge >= 0.3 is 0 Å². The van der Waals surface area contributed by atoms with Gasteiger partial charge in [0.15, 0.2) is 0 Å². The van der Waals surface area contributed by atoms with Gasteiger partial charge in [-0.15, -0.1) is 0 Å². The maximum atomic E-state index is 10.9. The Labute approximate surface area is 99.2 Å². The summed E-state index contributed by atoms with van der Waals surface area (Å²) in [5.41, 5.74) is 1.74. The van der Waals surface area contributed by atoms with Crippen molar-refractivity contribution in [3.05, 3.63) is 39.4 Å². The molecule has 0 spiro atoms. The van der Waals surface area contributed by atoms with E-state index in [1.807, 2.05) is 13.0 Å². The van der Waals surface area contributed by atoms with Crippen LogP contribution in [0.4, 0.5) is 5.69 Å². The molecule has 5 heteroatoms. The predicted octanol–water partition coefficient (Wildman–Crippen LogP) is 2.02. The fourth-order valence-electron chi connectivity index (χ4n) is 1.91. The standard InChI is InChI=1S/C12H14N2O3/c1-9-4-10(6-12(5-9)14(16)17)7-13(8-15)11-2-3-11/h4-6,8,11H,2-3,7H2,1H3. The summed E-state index contributed by atoms with van der Waals surface area (Å²) in [7, 11) is 0. The second-order valence-electron chi connectivity index (χ2n) is 4.44. The quantitative estimate of drug-likeness (QED) is 0.445. The largest absolute Gasteiger partial charge is 0.338 e. The van der Waals surface area contributed by atoms with Crippen LogP contribution in [0.1, 0.15) is 24.0 Å². The molecular formula is C12H14N2O3. The van der Waals surface area contributed by atoms with Crippen LogP contribution in [-0.2, 0) is 11.3 Å². The van der Waals surface area contributed by atoms with Crippen molar-refractivity contribution in [2.75, 3.05) is 0 Å². The average Bonchev–Trinajstić information content (AvgIpc) is 3.09. The monoisotopic (exact) mass is 234 g/mol. The highest BCUT2D eigenvalue weighted by Crippen LogP contribution is 2.27. The highest BCUT2D eigenvalue weighted by atomic mass is 16.6. The van der Waals surface area contributed by atoms with E-state index in [-0.39, 0.29) is 5.69 Å². The Bertz CT molecular complexity index is 455. The van der Waals surface area contributed by atoms with E-state index in [9.17, 15) is 14.9 Å². The number of aryl methyl sites for hydroxylation is 1. The van der Waals surface area contributed by atoms with E-state index in [1.165, 1.54) is 12.1 Å². The van der Waals surface area contributed by atoms with Crippen molar-refractivity contribution in [2.24, 2.45) is 0 Å². The van der Waals surface area contributed by atoms with Crippen LogP contribution in [0.3, 0.4) is 0 Å². The molecule has 0 bridgehead atoms. The van der Waals surface area contributed by atoms with E-state index in [0.717, 1.165) is 30.4 Å². The molecule has 1 aromatic rings. The fourth-order valence-corrected chi connectivity index (χ4v) is 1.91. The average molecular weight is 234 g/mol. The Balaban J connectivity index is 2.19. The second kappa shape index (κ2) is 4.53. The van der Waals surface area contributed by atoms with E-state index < -0.39 is 4.92 Å². The zero-order valence-electron chi connectivity index (χ0n) is 9.63. The summed E-state index contributed by atoms with van der Waals surface area (Å²) >= 11 is 0. The van der Waals surface area contributed by atoms with E-state index in [2.05, 4.69) is 0 Å². The van der Waals surface area contributed by atoms with Crippen LogP contribution < -0.4 is 0 Å². The van der Waals surface area contributed by atoms with Crippen LogP contribution in [0.15, 0.2) is 18.2 Å². The van der Waals surface area contributed by atoms with E-state index >= 15 is 0 Å². The Morgan fingerprint density at radius 1 is 1.47 bits per heavy atom. The van der Waals surface area contributed by atoms with E-state index in [4.69, 9.17) is 0 Å². The second-order valence-corrected chi connectivity index (χ2v) is 4.44. The molecule has 5 nitrogen and oxygen atoms in total. The van der Waals surface area contributed by atoms with Crippen LogP contribution in [0.2, 0.25) is 0 Å². The van der Waals surface area contributed by atoms with Gasteiger partial charge in [0.1, 0.15) is 0 Å². The van der Waals surface area contributed by atoms with Gasteiger partial charge < -0.3 is 4.90 Å². The van der Waals surface area contributed by atoms with Gasteiger partial charge in [0.25, 0.3) is 5.69 Å². The molecule has 1 amide bonds. The Morgan fingerprint density at radius 2 is 2.18 bits per heavy atom. The Hall–Kier alpha value is -1.91. The lowest BCUT2D eigenvalue weighted by atomic mass is 10.1. The van der Waals surface area contributed by atoms with Gasteiger partial charge in [-0.1, -0.05) is 6.07 Å². The Kier molecular flexibility index (Phi) is 3.08. The predicted molar refractivity (Wildman–Crippen MR) is 62.5 cm³/mol. The molecule has 1 saturated carbocycles. The first-order valence-corrected chi connectivity index (χ1v) is 5.56. The highest BCUT2D eigenvalue weighted by molar-refractivity contribution is 5.49. The number of amides is 1. The van der Waals surface area contributed by atoms with Crippen molar-refractivity contribution in [1.82, 2.24) is 4.90 Å². The molecule has 0 aliphatic heterocycles. The summed E-state index contributed by atoms with van der Waals surface area (Å²) in [5.74, 6) is 0. The lowest BCUT2D eigenvalue weighted by molar-refractivity contribution is -0.385. The molecular weight excluding hydrogens is 220 g/mol. The van der Waals surface area contributed by atoms with Crippen molar-refractivity contribution in [3.63, 3.8) is 0 Å². The molecule has 0 heterocycles. The SMILES string of the molecule is Cc1cc(CN(C=O)C2CC2)cc([N+](=O)[O-])c1. The van der Waals surface area contributed by atoms with Crippen LogP contribution in [0, 0.1) is 17.0 Å². The zero-order chi connectivity index (χ0) is 12.4. The smallest absolute Gasteiger partial charge is 0.270 e. The first kappa shape index (κ1) is 11.6. The fraction of sp³-hybridized carbons (Fsp3) is 0.417. The van der Waals surface area contributed by atoms with E-state index in [0.29, 0.717) is 12.6 Å². The van der Waals surface area contributed by atoms with Gasteiger partial charge in [-0.25, -0.2) is 0 Å². The number of hydrogen-bond acceptors (Lipinski definition) is 3. The summed E-state index contributed by atoms with van der Waals surface area (Å²) in [6.07, 6.45) is 2.89. The normalized spacial score (nSPS) is 14.4. The third-order valence-corrected chi connectivity index (χ3v) is 2.85. The molecule has 1 aliphatic rings. The summed E-state index contributed by atoms with van der Waals surface area (Å²) in [6, 6.07) is 5.27. The maximum absolute atomic E-state index is 10.9. The molecule has 1 fully saturated rings. The molecule has 0 aromatic heterocycles. The molecule has 1 aliphatic carbocycles. The van der Waals surface area contributed by atoms with Gasteiger partial charge in [-0.05, 0) is 30.9 Å². The molecule has 0 unspecified atom stereocenters. The van der Waals surface area contributed by atoms with Crippen LogP contribution in [-0.4, -0.2) is 22.3 Å². The van der Waals surface area contributed by atoms with Crippen molar-refractivity contribution >= 4 is 12.1 Å². The molecule has 17 heavy (non-hydrogen) atoms. The Morgan fingerprint density at radius 3 is 2.71 bits per heavy atom. The maximum Gasteiger partial charge on any atom is 0.270 e. The molecule has 1 aromatic carbocycles. The lowest BCUT2D eigenvalue weighted by Crippen LogP contribution is -2.23. The van der Waals surface area contributed by atoms with Gasteiger partial charge in [0.05, 0.1) is 4.92 Å². The van der Waals surface area contributed by atoms with Gasteiger partial charge in [0.2, 0.25) is 6.41 Å². The number of nitrogens with zero attached hydrogens (tertiary/aromatic N) is 2. The number of hydrogen-bond donors (Lipinski definition) is 0. The number of rotatable bonds is 5. The minimum Gasteiger partial charge on any atom is -0.338 e. The number of carbonyl (C=O) groups is 1. The summed E-state index contributed by atoms with van der Waals surface area (Å²) < 4.78 is 0. The molecule has 0 atom stereocenters. The summed E-state index contributed by atoms with van der Waals surface area (Å²) in [6.45, 7) is 2.27. The van der Waals surface area contributed by atoms with Crippen molar-refractivity contribution < 1.29 is 9.72 Å². The van der Waals surface area contributed by atoms with Crippen molar-refractivity contribution in [3.8, 4) is 0 Å². The topological polar surface area (TPSA) is 63.5 Å². The van der Waals surface area contributed by atoms with Gasteiger partial charge in [-0.2, -0.15) is 0 Å². The van der Waals surface area contributed by atoms with Gasteiger partial charge in [-0.3, -0.25) is 14.9 Å². The number of benzene rings is 1. The van der Waals surface area contributed by atoms with Crippen LogP contribution in [0.25, 0.3) is 0 Å². The zero-order valence-corrected chi connectivity index (χ0v) is 9.63.